The van der Waals surface area contributed by atoms with Crippen molar-refractivity contribution in [1.82, 2.24) is 9.97 Å². The number of aryl methyl sites for hydroxylation is 1. The number of anilines is 2. The molecule has 30 heteroatoms. The summed E-state index contributed by atoms with van der Waals surface area (Å²) in [6, 6.07) is 58.3. The molecule has 0 radical (unpaired) electrons. The SMILES string of the molecule is CCC(=O)c1cc(C(c2ccc(C(=O)O)c(C(=O)Cc3ccc(-c4cc(-c5ccc(Br)cc5)cc(-c5ccc(C)cc5)n4)cc3)c2)(C(F)(F)F)C(F)(F)F)ccc1C(=O)O.Nc1ccc(-c2cc(-c3ccc(Br)cc3)cc(-c3ccc(N)cc3)n2)cc1.O=C1OC(=O)c2cc(C(c3ccc4c(c3)C(=O)OC4=O)(C(F)(F)F)C(F)(F)F)ccc21. The fourth-order valence-corrected chi connectivity index (χ4v) is 14.1. The largest absolute Gasteiger partial charge is 0.478 e. The molecular formula is C88H56Br2F12N4O12. The standard InChI is InChI=1S/C46H32BrF6NO6.C23H18BrN3.C19H6F6O6/c1-3-40(55)36-23-31(14-18-34(36)42(57)58)44(45(48,49)50,46(51,52)53)32-15-19-35(43(59)60)37(24-32)41(56)20-26-6-10-29(11-7-26)39-22-30(27-12-16-33(47)17-13-27)21-38(54-39)28-8-4-25(2)5-9-28;24-19-7-1-15(2-8-19)18-13-22(16-3-9-20(25)10-4-16)27-23(14-18)17-5-11-21(26)12-6-17;20-18(21,22)17(19(23,24)25,7-1-3-9-11(5-7)15(28)30-13(9)26)8-2-4-10-12(6-8)16(29)31-14(10)27/h4-19,21-24H,3,20H2,1-2H3,(H,57,58)(H,59,60);1-14H,25-26H2;1-6H. The number of nitrogen functional groups attached to an aromatic ring is 2. The van der Waals surface area contributed by atoms with E-state index in [9.17, 15) is 74.9 Å². The number of nitrogens with two attached hydrogens (primary N) is 2. The number of rotatable bonds is 17. The molecule has 0 spiro atoms. The van der Waals surface area contributed by atoms with Crippen LogP contribution in [-0.2, 0) is 26.7 Å². The number of hydrogen-bond acceptors (Lipinski definition) is 14. The summed E-state index contributed by atoms with van der Waals surface area (Å²) in [6.45, 7) is 3.21. The Bertz CT molecular complexity index is 5690. The number of carboxylic acid groups (broad SMARTS) is 2. The van der Waals surface area contributed by atoms with Gasteiger partial charge in [0.15, 0.2) is 11.6 Å². The average Bonchev–Trinajstić information content (AvgIpc) is 1.02. The van der Waals surface area contributed by atoms with Gasteiger partial charge in [0.1, 0.15) is 0 Å². The van der Waals surface area contributed by atoms with Gasteiger partial charge in [-0.15, -0.1) is 0 Å². The molecule has 0 amide bonds. The number of hydrogen-bond donors (Lipinski definition) is 4. The van der Waals surface area contributed by atoms with E-state index in [0.717, 1.165) is 76.2 Å². The number of nitrogens with zero attached hydrogens (tertiary/aromatic N) is 2. The fraction of sp³-hybridized carbons (Fsp3) is 0.114. The van der Waals surface area contributed by atoms with Crippen LogP contribution in [0.4, 0.5) is 64.1 Å². The number of benzene rings is 10. The third-order valence-corrected chi connectivity index (χ3v) is 20.6. The number of ether oxygens (including phenoxy) is 2. The first-order chi connectivity index (χ1) is 55.6. The maximum atomic E-state index is 15.2. The molecule has 2 aliphatic heterocycles. The topological polar surface area (TPSA) is 273 Å². The predicted octanol–water partition coefficient (Wildman–Crippen LogP) is 21.7. The highest BCUT2D eigenvalue weighted by Crippen LogP contribution is 2.59. The molecule has 4 heterocycles. The minimum atomic E-state index is -6.20. The van der Waals surface area contributed by atoms with Crippen LogP contribution in [0.2, 0.25) is 0 Å². The second-order valence-electron chi connectivity index (χ2n) is 26.9. The van der Waals surface area contributed by atoms with Crippen molar-refractivity contribution in [3.63, 3.8) is 0 Å². The molecule has 598 valence electrons. The van der Waals surface area contributed by atoms with Crippen LogP contribution in [0.15, 0.2) is 252 Å². The van der Waals surface area contributed by atoms with E-state index in [1.54, 1.807) is 12.1 Å². The number of fused-ring (bicyclic) bond motifs is 2. The van der Waals surface area contributed by atoms with Gasteiger partial charge in [-0.25, -0.2) is 38.7 Å². The van der Waals surface area contributed by atoms with Gasteiger partial charge in [0.25, 0.3) is 0 Å². The molecule has 0 fully saturated rings. The molecule has 10 aromatic carbocycles. The zero-order valence-corrected chi connectivity index (χ0v) is 64.0. The summed E-state index contributed by atoms with van der Waals surface area (Å²) in [6.07, 6.45) is -25.5. The summed E-state index contributed by atoms with van der Waals surface area (Å²) >= 11 is 6.94. The lowest BCUT2D eigenvalue weighted by Crippen LogP contribution is -2.55. The lowest BCUT2D eigenvalue weighted by molar-refractivity contribution is -0.290. The molecule has 16 nitrogen and oxygen atoms in total. The van der Waals surface area contributed by atoms with Crippen LogP contribution >= 0.6 is 31.9 Å². The quantitative estimate of drug-likeness (QED) is 0.0217. The van der Waals surface area contributed by atoms with Crippen molar-refractivity contribution in [2.45, 2.75) is 62.2 Å². The van der Waals surface area contributed by atoms with Crippen molar-refractivity contribution in [1.29, 1.82) is 0 Å². The van der Waals surface area contributed by atoms with E-state index in [1.165, 1.54) is 19.1 Å². The maximum absolute atomic E-state index is 15.2. The summed E-state index contributed by atoms with van der Waals surface area (Å²) in [5.41, 5.74) is 3.41. The van der Waals surface area contributed by atoms with E-state index in [1.807, 2.05) is 128 Å². The van der Waals surface area contributed by atoms with Crippen LogP contribution in [0.1, 0.15) is 130 Å². The lowest BCUT2D eigenvalue weighted by atomic mass is 9.71. The van der Waals surface area contributed by atoms with Gasteiger partial charge in [0, 0.05) is 66.5 Å². The van der Waals surface area contributed by atoms with Gasteiger partial charge in [-0.3, -0.25) is 9.59 Å². The van der Waals surface area contributed by atoms with Crippen molar-refractivity contribution < 1.29 is 111 Å². The zero-order chi connectivity index (χ0) is 85.5. The van der Waals surface area contributed by atoms with Gasteiger partial charge in [-0.1, -0.05) is 166 Å². The van der Waals surface area contributed by atoms with Crippen LogP contribution in [-0.4, -0.2) is 92.3 Å². The van der Waals surface area contributed by atoms with Gasteiger partial charge in [0.2, 0.25) is 10.8 Å². The van der Waals surface area contributed by atoms with Crippen molar-refractivity contribution in [3.8, 4) is 67.3 Å². The van der Waals surface area contributed by atoms with Crippen molar-refractivity contribution >= 4 is 90.6 Å². The Labute approximate surface area is 678 Å². The number of carbonyl (C=O) groups excluding carboxylic acids is 6. The first kappa shape index (κ1) is 84.2. The fourth-order valence-electron chi connectivity index (χ4n) is 13.6. The Morgan fingerprint density at radius 2 is 0.636 bits per heavy atom. The van der Waals surface area contributed by atoms with Gasteiger partial charge >= 0.3 is 60.5 Å². The number of aromatic carboxylic acids is 2. The van der Waals surface area contributed by atoms with E-state index in [2.05, 4.69) is 65.6 Å². The minimum absolute atomic E-state index is 0.234. The number of cyclic esters (lactones) is 4. The van der Waals surface area contributed by atoms with Gasteiger partial charge in [0.05, 0.1) is 56.2 Å². The molecule has 0 saturated carbocycles. The molecule has 118 heavy (non-hydrogen) atoms. The number of pyridine rings is 2. The Balaban J connectivity index is 0.000000183. The van der Waals surface area contributed by atoms with Crippen molar-refractivity contribution in [2.24, 2.45) is 0 Å². The Morgan fingerprint density at radius 1 is 0.347 bits per heavy atom. The number of ketones is 2. The van der Waals surface area contributed by atoms with Crippen LogP contribution < -0.4 is 11.5 Å². The number of aromatic nitrogens is 2. The summed E-state index contributed by atoms with van der Waals surface area (Å²) < 4.78 is 187. The Morgan fingerprint density at radius 3 is 0.958 bits per heavy atom. The van der Waals surface area contributed by atoms with Gasteiger partial charge < -0.3 is 31.2 Å². The highest BCUT2D eigenvalue weighted by molar-refractivity contribution is 9.10. The highest BCUT2D eigenvalue weighted by atomic mass is 79.9. The molecule has 2 aromatic heterocycles. The van der Waals surface area contributed by atoms with E-state index >= 15 is 26.3 Å². The van der Waals surface area contributed by atoms with Gasteiger partial charge in [-0.2, -0.15) is 52.7 Å². The van der Waals surface area contributed by atoms with E-state index in [4.69, 9.17) is 21.4 Å². The second-order valence-corrected chi connectivity index (χ2v) is 28.8. The molecular weight excluding hydrogens is 1690 g/mol. The Hall–Kier alpha value is -13.2. The minimum Gasteiger partial charge on any atom is -0.478 e. The van der Waals surface area contributed by atoms with Crippen LogP contribution in [0, 0.1) is 6.92 Å². The average molecular weight is 1750 g/mol. The molecule has 0 atom stereocenters. The second kappa shape index (κ2) is 32.8. The third kappa shape index (κ3) is 16.7. The zero-order valence-electron chi connectivity index (χ0n) is 60.8. The molecule has 0 saturated heterocycles. The first-order valence-electron chi connectivity index (χ1n) is 35.0. The molecule has 0 unspecified atom stereocenters. The predicted molar refractivity (Wildman–Crippen MR) is 418 cm³/mol. The maximum Gasteiger partial charge on any atom is 0.411 e. The Kier molecular flexibility index (Phi) is 23.4. The van der Waals surface area contributed by atoms with E-state index in [-0.39, 0.29) is 29.8 Å². The molecule has 0 bridgehead atoms. The summed E-state index contributed by atoms with van der Waals surface area (Å²) in [7, 11) is 0. The van der Waals surface area contributed by atoms with E-state index < -0.39 is 163 Å². The first-order valence-corrected chi connectivity index (χ1v) is 36.6. The number of esters is 4. The normalized spacial score (nSPS) is 12.8. The van der Waals surface area contributed by atoms with Crippen LogP contribution in [0.3, 0.4) is 0 Å². The molecule has 6 N–H and O–H groups in total. The summed E-state index contributed by atoms with van der Waals surface area (Å²) in [4.78, 5) is 107. The summed E-state index contributed by atoms with van der Waals surface area (Å²) in [5.74, 6) is -10.9. The molecule has 2 aliphatic rings. The molecule has 12 aromatic rings. The number of alkyl halides is 12. The molecule has 14 rings (SSSR count). The van der Waals surface area contributed by atoms with Crippen molar-refractivity contribution in [2.75, 3.05) is 11.5 Å². The molecule has 0 aliphatic carbocycles. The van der Waals surface area contributed by atoms with Crippen LogP contribution in [0.25, 0.3) is 67.3 Å². The monoisotopic (exact) mass is 1750 g/mol. The summed E-state index contributed by atoms with van der Waals surface area (Å²) in [5, 5.41) is 19.5. The van der Waals surface area contributed by atoms with Crippen molar-refractivity contribution in [3.05, 3.63) is 329 Å². The number of carbonyl (C=O) groups is 8. The number of carboxylic acids is 2. The van der Waals surface area contributed by atoms with Gasteiger partial charge in [-0.05, 0) is 178 Å². The third-order valence-electron chi connectivity index (χ3n) is 19.5. The number of Topliss-reactive ketones (excluding diaryl/α,β-unsaturated/α-hetero) is 2. The van der Waals surface area contributed by atoms with Crippen LogP contribution in [0.5, 0.6) is 0 Å². The number of halogens is 14. The lowest BCUT2D eigenvalue weighted by Gasteiger charge is -2.38. The van der Waals surface area contributed by atoms with E-state index in [0.29, 0.717) is 65.5 Å². The highest BCUT2D eigenvalue weighted by Gasteiger charge is 2.74. The smallest absolute Gasteiger partial charge is 0.411 e.